The summed E-state index contributed by atoms with van der Waals surface area (Å²) in [5.41, 5.74) is 1.50. The Balaban J connectivity index is 2.08. The molecule has 29 heavy (non-hydrogen) atoms. The van der Waals surface area contributed by atoms with Crippen molar-refractivity contribution in [1.82, 2.24) is 4.98 Å². The molecule has 0 bridgehead atoms. The van der Waals surface area contributed by atoms with Crippen molar-refractivity contribution in [3.8, 4) is 28.4 Å². The lowest BCUT2D eigenvalue weighted by Gasteiger charge is -2.15. The number of nitrogens with zero attached hydrogens (tertiary/aromatic N) is 1. The minimum absolute atomic E-state index is 0.0894. The van der Waals surface area contributed by atoms with Gasteiger partial charge in [-0.3, -0.25) is 9.78 Å². The lowest BCUT2D eigenvalue weighted by atomic mass is 9.96. The fraction of sp³-hybridized carbons (Fsp3) is 0.217. The second-order valence-corrected chi connectivity index (χ2v) is 7.61. The number of aromatic nitrogens is 1. The van der Waals surface area contributed by atoms with Crippen LogP contribution in [0.4, 0.5) is 0 Å². The first-order valence-corrected chi connectivity index (χ1v) is 9.37. The Morgan fingerprint density at radius 1 is 1.07 bits per heavy atom. The Kier molecular flexibility index (Phi) is 4.42. The van der Waals surface area contributed by atoms with E-state index in [2.05, 4.69) is 4.98 Å². The molecule has 4 rings (SSSR count). The molecule has 0 radical (unpaired) electrons. The zero-order chi connectivity index (χ0) is 20.9. The zero-order valence-corrected chi connectivity index (χ0v) is 16.4. The molecule has 4 aromatic rings. The molecule has 0 aliphatic rings. The van der Waals surface area contributed by atoms with Crippen molar-refractivity contribution in [3.05, 3.63) is 58.1 Å². The highest BCUT2D eigenvalue weighted by Gasteiger charge is 2.26. The largest absolute Gasteiger partial charge is 0.504 e. The van der Waals surface area contributed by atoms with Gasteiger partial charge in [0.2, 0.25) is 11.2 Å². The maximum absolute atomic E-state index is 13.4. The monoisotopic (exact) mass is 391 g/mol. The molecule has 6 nitrogen and oxygen atoms in total. The normalized spacial score (nSPS) is 11.6. The van der Waals surface area contributed by atoms with Gasteiger partial charge in [-0.25, -0.2) is 0 Å². The highest BCUT2D eigenvalue weighted by molar-refractivity contribution is 5.95. The molecule has 3 N–H and O–H groups in total. The number of pyridine rings is 1. The van der Waals surface area contributed by atoms with Crippen LogP contribution >= 0.6 is 0 Å². The number of fused-ring (bicyclic) bond motifs is 2. The number of phenolic OH excluding ortho intramolecular Hbond substituents is 3. The second kappa shape index (κ2) is 6.81. The average Bonchev–Trinajstić information content (AvgIpc) is 2.69. The van der Waals surface area contributed by atoms with Crippen molar-refractivity contribution in [1.29, 1.82) is 0 Å². The van der Waals surface area contributed by atoms with E-state index in [1.165, 1.54) is 0 Å². The number of para-hydroxylation sites is 1. The van der Waals surface area contributed by atoms with Crippen LogP contribution in [-0.2, 0) is 6.42 Å². The minimum atomic E-state index is -0.716. The quantitative estimate of drug-likeness (QED) is 0.440. The van der Waals surface area contributed by atoms with Gasteiger partial charge in [0, 0.05) is 22.7 Å². The smallest absolute Gasteiger partial charge is 0.204 e. The maximum atomic E-state index is 13.4. The van der Waals surface area contributed by atoms with Gasteiger partial charge in [-0.1, -0.05) is 32.0 Å². The van der Waals surface area contributed by atoms with Crippen LogP contribution < -0.4 is 5.43 Å². The van der Waals surface area contributed by atoms with Crippen LogP contribution in [0.25, 0.3) is 33.0 Å². The van der Waals surface area contributed by atoms with E-state index in [1.807, 2.05) is 44.2 Å². The van der Waals surface area contributed by atoms with Crippen molar-refractivity contribution in [3.63, 3.8) is 0 Å². The van der Waals surface area contributed by atoms with Crippen molar-refractivity contribution >= 4 is 21.9 Å². The fourth-order valence-electron chi connectivity index (χ4n) is 3.69. The summed E-state index contributed by atoms with van der Waals surface area (Å²) in [6.07, 6.45) is 1.95. The minimum Gasteiger partial charge on any atom is -0.504 e. The van der Waals surface area contributed by atoms with E-state index in [9.17, 15) is 20.1 Å². The molecule has 6 heteroatoms. The molecular formula is C23H21NO5. The SMILES string of the molecule is Cc1oc2c(CC(C)C)c(O)c(O)c(O)c2c(=O)c1-c1cnc2ccccc2c1. The summed E-state index contributed by atoms with van der Waals surface area (Å²) in [7, 11) is 0. The van der Waals surface area contributed by atoms with Crippen LogP contribution in [0.2, 0.25) is 0 Å². The summed E-state index contributed by atoms with van der Waals surface area (Å²) in [5.74, 6) is -1.40. The molecule has 2 aromatic heterocycles. The van der Waals surface area contributed by atoms with Gasteiger partial charge in [0.15, 0.2) is 11.5 Å². The predicted octanol–water partition coefficient (Wildman–Crippen LogP) is 4.63. The van der Waals surface area contributed by atoms with Gasteiger partial charge >= 0.3 is 0 Å². The summed E-state index contributed by atoms with van der Waals surface area (Å²) in [5, 5.41) is 31.7. The van der Waals surface area contributed by atoms with E-state index >= 15 is 0 Å². The van der Waals surface area contributed by atoms with Crippen molar-refractivity contribution in [2.75, 3.05) is 0 Å². The van der Waals surface area contributed by atoms with E-state index in [0.717, 1.165) is 10.9 Å². The standard InChI is InChI=1S/C23H21NO5/c1-11(2)8-15-19(25)22(28)21(27)18-20(26)17(12(3)29-23(15)18)14-9-13-6-4-5-7-16(13)24-10-14/h4-7,9-11,25,27-28H,8H2,1-3H3. The lowest BCUT2D eigenvalue weighted by molar-refractivity contribution is 0.365. The van der Waals surface area contributed by atoms with Gasteiger partial charge in [-0.05, 0) is 31.4 Å². The van der Waals surface area contributed by atoms with Gasteiger partial charge in [-0.2, -0.15) is 0 Å². The second-order valence-electron chi connectivity index (χ2n) is 7.61. The van der Waals surface area contributed by atoms with E-state index in [4.69, 9.17) is 4.42 Å². The number of hydrogen-bond acceptors (Lipinski definition) is 6. The predicted molar refractivity (Wildman–Crippen MR) is 111 cm³/mol. The molecule has 0 aliphatic heterocycles. The highest BCUT2D eigenvalue weighted by atomic mass is 16.3. The first-order valence-electron chi connectivity index (χ1n) is 9.37. The van der Waals surface area contributed by atoms with Crippen molar-refractivity contribution in [2.24, 2.45) is 5.92 Å². The van der Waals surface area contributed by atoms with Crippen LogP contribution in [0.3, 0.4) is 0 Å². The molecule has 2 heterocycles. The van der Waals surface area contributed by atoms with Gasteiger partial charge < -0.3 is 19.7 Å². The molecule has 0 amide bonds. The summed E-state index contributed by atoms with van der Waals surface area (Å²) in [4.78, 5) is 17.8. The number of rotatable bonds is 3. The number of hydrogen-bond donors (Lipinski definition) is 3. The molecule has 0 fully saturated rings. The van der Waals surface area contributed by atoms with Gasteiger partial charge in [0.25, 0.3) is 0 Å². The number of aryl methyl sites for hydroxylation is 1. The first kappa shape index (κ1) is 18.8. The zero-order valence-electron chi connectivity index (χ0n) is 16.4. The molecule has 0 aliphatic carbocycles. The third-order valence-electron chi connectivity index (χ3n) is 5.03. The average molecular weight is 391 g/mol. The molecule has 0 spiro atoms. The molecule has 0 saturated heterocycles. The third-order valence-corrected chi connectivity index (χ3v) is 5.03. The summed E-state index contributed by atoms with van der Waals surface area (Å²) >= 11 is 0. The van der Waals surface area contributed by atoms with Gasteiger partial charge in [-0.15, -0.1) is 0 Å². The molecular weight excluding hydrogens is 370 g/mol. The molecule has 2 aromatic carbocycles. The van der Waals surface area contributed by atoms with E-state index in [-0.39, 0.29) is 22.5 Å². The van der Waals surface area contributed by atoms with Gasteiger partial charge in [0.1, 0.15) is 16.7 Å². The Bertz CT molecular complexity index is 1320. The Hall–Kier alpha value is -3.54. The Labute approximate surface area is 166 Å². The van der Waals surface area contributed by atoms with E-state index < -0.39 is 22.7 Å². The lowest BCUT2D eigenvalue weighted by Crippen LogP contribution is -2.10. The molecule has 0 atom stereocenters. The van der Waals surface area contributed by atoms with Crippen LogP contribution in [0.15, 0.2) is 45.7 Å². The fourth-order valence-corrected chi connectivity index (χ4v) is 3.69. The molecule has 0 saturated carbocycles. The Morgan fingerprint density at radius 2 is 1.79 bits per heavy atom. The Morgan fingerprint density at radius 3 is 2.52 bits per heavy atom. The molecule has 148 valence electrons. The highest BCUT2D eigenvalue weighted by Crippen LogP contribution is 2.45. The topological polar surface area (TPSA) is 104 Å². The van der Waals surface area contributed by atoms with Crippen LogP contribution in [0.1, 0.15) is 25.2 Å². The molecule has 0 unspecified atom stereocenters. The van der Waals surface area contributed by atoms with Crippen molar-refractivity contribution in [2.45, 2.75) is 27.2 Å². The van der Waals surface area contributed by atoms with Gasteiger partial charge in [0.05, 0.1) is 11.1 Å². The third kappa shape index (κ3) is 2.97. The number of phenols is 3. The number of benzene rings is 2. The maximum Gasteiger partial charge on any atom is 0.204 e. The van der Waals surface area contributed by atoms with Crippen molar-refractivity contribution < 1.29 is 19.7 Å². The van der Waals surface area contributed by atoms with E-state index in [1.54, 1.807) is 13.1 Å². The first-order chi connectivity index (χ1) is 13.8. The van der Waals surface area contributed by atoms with Crippen LogP contribution in [-0.4, -0.2) is 20.3 Å². The van der Waals surface area contributed by atoms with Crippen LogP contribution in [0.5, 0.6) is 17.2 Å². The number of aromatic hydroxyl groups is 3. The summed E-state index contributed by atoms with van der Waals surface area (Å²) < 4.78 is 5.93. The summed E-state index contributed by atoms with van der Waals surface area (Å²) in [6, 6.07) is 9.37. The van der Waals surface area contributed by atoms with E-state index in [0.29, 0.717) is 23.3 Å². The van der Waals surface area contributed by atoms with Crippen LogP contribution in [0, 0.1) is 12.8 Å². The summed E-state index contributed by atoms with van der Waals surface area (Å²) in [6.45, 7) is 5.54.